The summed E-state index contributed by atoms with van der Waals surface area (Å²) >= 11 is 5.60. The molecule has 0 aliphatic carbocycles. The van der Waals surface area contributed by atoms with Crippen LogP contribution in [0.15, 0.2) is 36.5 Å². The lowest BCUT2D eigenvalue weighted by Crippen LogP contribution is -2.14. The van der Waals surface area contributed by atoms with Gasteiger partial charge in [0, 0.05) is 16.8 Å². The second-order valence-electron chi connectivity index (χ2n) is 3.67. The van der Waals surface area contributed by atoms with Crippen LogP contribution in [0.3, 0.4) is 0 Å². The number of hydrogen-bond donors (Lipinski definition) is 1. The van der Waals surface area contributed by atoms with E-state index in [9.17, 15) is 14.0 Å². The van der Waals surface area contributed by atoms with Crippen molar-refractivity contribution in [2.45, 2.75) is 0 Å². The van der Waals surface area contributed by atoms with Gasteiger partial charge in [-0.05, 0) is 30.3 Å². The van der Waals surface area contributed by atoms with E-state index >= 15 is 0 Å². The first kappa shape index (κ1) is 13.2. The molecule has 0 aliphatic heterocycles. The molecule has 6 heteroatoms. The number of hydrogen-bond acceptors (Lipinski definition) is 3. The summed E-state index contributed by atoms with van der Waals surface area (Å²) < 4.78 is 13.5. The number of anilines is 1. The quantitative estimate of drug-likeness (QED) is 0.878. The van der Waals surface area contributed by atoms with Crippen molar-refractivity contribution in [2.24, 2.45) is 0 Å². The lowest BCUT2D eigenvalue weighted by Gasteiger charge is -2.05. The van der Waals surface area contributed by atoms with Crippen molar-refractivity contribution in [1.29, 1.82) is 0 Å². The highest BCUT2D eigenvalue weighted by atomic mass is 35.5. The number of benzene rings is 1. The largest absolute Gasteiger partial charge is 0.306 e. The molecular weight excluding hydrogens is 271 g/mol. The molecule has 0 saturated heterocycles. The standard InChI is InChI=1S/C13H8ClFN2O2/c14-9-2-3-10(11(15)5-9)13(19)17-12-4-1-8(7-18)6-16-12/h1-7H,(H,16,17,19). The molecule has 96 valence electrons. The molecule has 19 heavy (non-hydrogen) atoms. The Balaban J connectivity index is 2.18. The molecule has 0 aliphatic rings. The Labute approximate surface area is 113 Å². The molecular formula is C13H8ClFN2O2. The van der Waals surface area contributed by atoms with Crippen LogP contribution in [-0.4, -0.2) is 17.2 Å². The molecule has 1 N–H and O–H groups in total. The number of amides is 1. The van der Waals surface area contributed by atoms with Crippen molar-refractivity contribution in [3.8, 4) is 0 Å². The smallest absolute Gasteiger partial charge is 0.259 e. The number of nitrogens with zero attached hydrogens (tertiary/aromatic N) is 1. The van der Waals surface area contributed by atoms with Gasteiger partial charge in [0.1, 0.15) is 11.6 Å². The summed E-state index contributed by atoms with van der Waals surface area (Å²) in [7, 11) is 0. The Morgan fingerprint density at radius 2 is 2.11 bits per heavy atom. The SMILES string of the molecule is O=Cc1ccc(NC(=O)c2ccc(Cl)cc2F)nc1. The van der Waals surface area contributed by atoms with Crippen molar-refractivity contribution >= 4 is 29.6 Å². The molecule has 0 fully saturated rings. The van der Waals surface area contributed by atoms with Crippen LogP contribution in [0.2, 0.25) is 5.02 Å². The third-order valence-corrected chi connectivity index (χ3v) is 2.57. The lowest BCUT2D eigenvalue weighted by molar-refractivity contribution is 0.102. The first-order valence-electron chi connectivity index (χ1n) is 5.28. The van der Waals surface area contributed by atoms with Gasteiger partial charge in [0.2, 0.25) is 0 Å². The van der Waals surface area contributed by atoms with Gasteiger partial charge in [0.15, 0.2) is 6.29 Å². The normalized spacial score (nSPS) is 10.0. The number of carbonyl (C=O) groups excluding carboxylic acids is 2. The van der Waals surface area contributed by atoms with E-state index < -0.39 is 11.7 Å². The molecule has 0 radical (unpaired) electrons. The maximum absolute atomic E-state index is 13.5. The van der Waals surface area contributed by atoms with Crippen LogP contribution in [0.5, 0.6) is 0 Å². The van der Waals surface area contributed by atoms with Crippen LogP contribution >= 0.6 is 11.6 Å². The van der Waals surface area contributed by atoms with Crippen LogP contribution in [0.4, 0.5) is 10.2 Å². The van der Waals surface area contributed by atoms with Gasteiger partial charge >= 0.3 is 0 Å². The molecule has 2 aromatic rings. The summed E-state index contributed by atoms with van der Waals surface area (Å²) in [4.78, 5) is 26.1. The third-order valence-electron chi connectivity index (χ3n) is 2.34. The number of pyridine rings is 1. The van der Waals surface area contributed by atoms with E-state index in [2.05, 4.69) is 10.3 Å². The molecule has 1 amide bonds. The van der Waals surface area contributed by atoms with E-state index in [1.54, 1.807) is 0 Å². The van der Waals surface area contributed by atoms with Gasteiger partial charge in [0.05, 0.1) is 5.56 Å². The van der Waals surface area contributed by atoms with Gasteiger partial charge in [-0.3, -0.25) is 9.59 Å². The fraction of sp³-hybridized carbons (Fsp3) is 0. The molecule has 0 spiro atoms. The van der Waals surface area contributed by atoms with Crippen LogP contribution < -0.4 is 5.32 Å². The molecule has 1 heterocycles. The van der Waals surface area contributed by atoms with Crippen LogP contribution in [0.1, 0.15) is 20.7 Å². The zero-order chi connectivity index (χ0) is 13.8. The van der Waals surface area contributed by atoms with Crippen LogP contribution in [-0.2, 0) is 0 Å². The molecule has 4 nitrogen and oxygen atoms in total. The fourth-order valence-corrected chi connectivity index (χ4v) is 1.57. The minimum Gasteiger partial charge on any atom is -0.306 e. The van der Waals surface area contributed by atoms with Gasteiger partial charge < -0.3 is 5.32 Å². The number of aldehydes is 1. The van der Waals surface area contributed by atoms with E-state index in [0.717, 1.165) is 6.07 Å². The average molecular weight is 279 g/mol. The number of carbonyl (C=O) groups is 2. The zero-order valence-corrected chi connectivity index (χ0v) is 10.3. The molecule has 1 aromatic heterocycles. The van der Waals surface area contributed by atoms with Crippen LogP contribution in [0.25, 0.3) is 0 Å². The number of aromatic nitrogens is 1. The summed E-state index contributed by atoms with van der Waals surface area (Å²) in [6, 6.07) is 6.71. The average Bonchev–Trinajstić information content (AvgIpc) is 2.39. The molecule has 0 saturated carbocycles. The second-order valence-corrected chi connectivity index (χ2v) is 4.11. The van der Waals surface area contributed by atoms with E-state index in [1.807, 2.05) is 0 Å². The van der Waals surface area contributed by atoms with Crippen molar-refractivity contribution in [3.63, 3.8) is 0 Å². The van der Waals surface area contributed by atoms with Gasteiger partial charge in [-0.1, -0.05) is 11.6 Å². The molecule has 0 bridgehead atoms. The number of rotatable bonds is 3. The first-order chi connectivity index (χ1) is 9.10. The monoisotopic (exact) mass is 278 g/mol. The van der Waals surface area contributed by atoms with Crippen molar-refractivity contribution in [1.82, 2.24) is 4.98 Å². The topological polar surface area (TPSA) is 59.1 Å². The minimum atomic E-state index is -0.713. The Kier molecular flexibility index (Phi) is 3.87. The highest BCUT2D eigenvalue weighted by Crippen LogP contribution is 2.16. The predicted octanol–water partition coefficient (Wildman–Crippen LogP) is 2.94. The Morgan fingerprint density at radius 1 is 1.32 bits per heavy atom. The predicted molar refractivity (Wildman–Crippen MR) is 69.0 cm³/mol. The summed E-state index contributed by atoms with van der Waals surface area (Å²) in [6.45, 7) is 0. The minimum absolute atomic E-state index is 0.134. The summed E-state index contributed by atoms with van der Waals surface area (Å²) in [6.07, 6.45) is 1.94. The maximum atomic E-state index is 13.5. The van der Waals surface area contributed by atoms with Gasteiger partial charge in [-0.2, -0.15) is 0 Å². The Hall–Kier alpha value is -2.27. The number of halogens is 2. The molecule has 0 unspecified atom stereocenters. The lowest BCUT2D eigenvalue weighted by atomic mass is 10.2. The Bertz CT molecular complexity index is 629. The third kappa shape index (κ3) is 3.14. The van der Waals surface area contributed by atoms with Gasteiger partial charge in [-0.15, -0.1) is 0 Å². The van der Waals surface area contributed by atoms with Crippen molar-refractivity contribution in [3.05, 3.63) is 58.5 Å². The Morgan fingerprint density at radius 3 is 2.68 bits per heavy atom. The zero-order valence-electron chi connectivity index (χ0n) is 9.56. The number of nitrogens with one attached hydrogen (secondary N) is 1. The van der Waals surface area contributed by atoms with Crippen molar-refractivity contribution < 1.29 is 14.0 Å². The highest BCUT2D eigenvalue weighted by Gasteiger charge is 2.12. The molecule has 0 atom stereocenters. The van der Waals surface area contributed by atoms with Gasteiger partial charge in [0.25, 0.3) is 5.91 Å². The van der Waals surface area contributed by atoms with E-state index in [0.29, 0.717) is 11.8 Å². The summed E-state index contributed by atoms with van der Waals surface area (Å²) in [5.74, 6) is -1.13. The van der Waals surface area contributed by atoms with E-state index in [1.165, 1.54) is 30.5 Å². The first-order valence-corrected chi connectivity index (χ1v) is 5.65. The van der Waals surface area contributed by atoms with Crippen LogP contribution in [0, 0.1) is 5.82 Å². The molecule has 2 rings (SSSR count). The highest BCUT2D eigenvalue weighted by molar-refractivity contribution is 6.30. The molecule has 1 aromatic carbocycles. The van der Waals surface area contributed by atoms with Crippen molar-refractivity contribution in [2.75, 3.05) is 5.32 Å². The van der Waals surface area contributed by atoms with E-state index in [-0.39, 0.29) is 16.4 Å². The maximum Gasteiger partial charge on any atom is 0.259 e. The second kappa shape index (κ2) is 5.58. The van der Waals surface area contributed by atoms with E-state index in [4.69, 9.17) is 11.6 Å². The summed E-state index contributed by atoms with van der Waals surface area (Å²) in [5.41, 5.74) is 0.251. The fourth-order valence-electron chi connectivity index (χ4n) is 1.41. The van der Waals surface area contributed by atoms with Gasteiger partial charge in [-0.25, -0.2) is 9.37 Å². The summed E-state index contributed by atoms with van der Waals surface area (Å²) in [5, 5.41) is 2.63.